The van der Waals surface area contributed by atoms with Gasteiger partial charge in [0.05, 0.1) is 0 Å². The second-order valence-electron chi connectivity index (χ2n) is 4.54. The molecule has 0 bridgehead atoms. The van der Waals surface area contributed by atoms with Crippen molar-refractivity contribution >= 4 is 5.78 Å². The van der Waals surface area contributed by atoms with Crippen molar-refractivity contribution in [1.29, 1.82) is 0 Å². The van der Waals surface area contributed by atoms with Gasteiger partial charge in [0.25, 0.3) is 0 Å². The minimum Gasteiger partial charge on any atom is -0.299 e. The maximum atomic E-state index is 13.3. The molecule has 1 fully saturated rings. The molecule has 0 saturated heterocycles. The molecule has 0 aliphatic heterocycles. The Labute approximate surface area is 95.7 Å². The molecule has 1 aromatic carbocycles. The molecule has 0 aromatic heterocycles. The Balaban J connectivity index is 1.87. The van der Waals surface area contributed by atoms with Crippen LogP contribution in [0.15, 0.2) is 24.3 Å². The zero-order valence-corrected chi connectivity index (χ0v) is 9.42. The van der Waals surface area contributed by atoms with Crippen molar-refractivity contribution < 1.29 is 9.18 Å². The third-order valence-electron chi connectivity index (χ3n) is 3.41. The van der Waals surface area contributed by atoms with Gasteiger partial charge in [0.1, 0.15) is 11.6 Å². The molecule has 16 heavy (non-hydrogen) atoms. The summed E-state index contributed by atoms with van der Waals surface area (Å²) >= 11 is 0. The first-order valence-corrected chi connectivity index (χ1v) is 6.03. The molecule has 1 aliphatic rings. The van der Waals surface area contributed by atoms with Gasteiger partial charge in [0, 0.05) is 12.3 Å². The van der Waals surface area contributed by atoms with Crippen molar-refractivity contribution in [1.82, 2.24) is 0 Å². The molecule has 2 heteroatoms. The van der Waals surface area contributed by atoms with Gasteiger partial charge in [-0.05, 0) is 30.9 Å². The van der Waals surface area contributed by atoms with E-state index >= 15 is 0 Å². The first kappa shape index (κ1) is 11.3. The van der Waals surface area contributed by atoms with Gasteiger partial charge in [-0.2, -0.15) is 0 Å². The van der Waals surface area contributed by atoms with Crippen LogP contribution in [-0.4, -0.2) is 5.78 Å². The van der Waals surface area contributed by atoms with Gasteiger partial charge in [-0.15, -0.1) is 0 Å². The Kier molecular flexibility index (Phi) is 3.70. The van der Waals surface area contributed by atoms with Crippen LogP contribution >= 0.6 is 0 Å². The van der Waals surface area contributed by atoms with Crippen LogP contribution in [0.2, 0.25) is 0 Å². The topological polar surface area (TPSA) is 17.1 Å². The predicted molar refractivity (Wildman–Crippen MR) is 61.7 cm³/mol. The van der Waals surface area contributed by atoms with E-state index in [1.54, 1.807) is 12.1 Å². The number of halogens is 1. The first-order valence-electron chi connectivity index (χ1n) is 6.03. The number of carbonyl (C=O) groups is 1. The standard InChI is InChI=1S/C14H17FO/c15-13-8-4-3-5-11(13)9-10-14(16)12-6-1-2-7-12/h3-5,8,12H,1-2,6-7,9-10H2. The van der Waals surface area contributed by atoms with Crippen molar-refractivity contribution in [2.24, 2.45) is 5.92 Å². The van der Waals surface area contributed by atoms with Crippen molar-refractivity contribution in [3.63, 3.8) is 0 Å². The number of ketones is 1. The fourth-order valence-electron chi connectivity index (χ4n) is 2.41. The maximum Gasteiger partial charge on any atom is 0.136 e. The van der Waals surface area contributed by atoms with Gasteiger partial charge in [0.15, 0.2) is 0 Å². The Morgan fingerprint density at radius 2 is 1.94 bits per heavy atom. The van der Waals surface area contributed by atoms with E-state index in [2.05, 4.69) is 0 Å². The Morgan fingerprint density at radius 3 is 2.62 bits per heavy atom. The summed E-state index contributed by atoms with van der Waals surface area (Å²) in [5.41, 5.74) is 0.661. The fraction of sp³-hybridized carbons (Fsp3) is 0.500. The predicted octanol–water partition coefficient (Wildman–Crippen LogP) is 3.52. The highest BCUT2D eigenvalue weighted by molar-refractivity contribution is 5.81. The lowest BCUT2D eigenvalue weighted by Gasteiger charge is -2.07. The van der Waals surface area contributed by atoms with Gasteiger partial charge in [0.2, 0.25) is 0 Å². The summed E-state index contributed by atoms with van der Waals surface area (Å²) in [6, 6.07) is 6.71. The number of hydrogen-bond donors (Lipinski definition) is 0. The molecular formula is C14H17FO. The molecular weight excluding hydrogens is 203 g/mol. The average Bonchev–Trinajstić information content (AvgIpc) is 2.81. The van der Waals surface area contributed by atoms with E-state index in [0.29, 0.717) is 24.2 Å². The quantitative estimate of drug-likeness (QED) is 0.758. The fourth-order valence-corrected chi connectivity index (χ4v) is 2.41. The van der Waals surface area contributed by atoms with Crippen LogP contribution in [0.5, 0.6) is 0 Å². The number of rotatable bonds is 4. The van der Waals surface area contributed by atoms with E-state index in [4.69, 9.17) is 0 Å². The van der Waals surface area contributed by atoms with E-state index in [9.17, 15) is 9.18 Å². The first-order chi connectivity index (χ1) is 7.77. The lowest BCUT2D eigenvalue weighted by atomic mass is 9.97. The molecule has 86 valence electrons. The molecule has 0 amide bonds. The molecule has 1 aromatic rings. The Morgan fingerprint density at radius 1 is 1.25 bits per heavy atom. The summed E-state index contributed by atoms with van der Waals surface area (Å²) in [6.45, 7) is 0. The largest absolute Gasteiger partial charge is 0.299 e. The van der Waals surface area contributed by atoms with Gasteiger partial charge < -0.3 is 0 Å². The lowest BCUT2D eigenvalue weighted by molar-refractivity contribution is -0.122. The van der Waals surface area contributed by atoms with E-state index in [-0.39, 0.29) is 11.7 Å². The SMILES string of the molecule is O=C(CCc1ccccc1F)C1CCCC1. The van der Waals surface area contributed by atoms with E-state index in [1.807, 2.05) is 6.07 Å². The molecule has 0 N–H and O–H groups in total. The van der Waals surface area contributed by atoms with Crippen molar-refractivity contribution in [3.05, 3.63) is 35.6 Å². The monoisotopic (exact) mass is 220 g/mol. The maximum absolute atomic E-state index is 13.3. The van der Waals surface area contributed by atoms with Crippen molar-refractivity contribution in [2.75, 3.05) is 0 Å². The molecule has 1 nitrogen and oxygen atoms in total. The highest BCUT2D eigenvalue weighted by Crippen LogP contribution is 2.26. The summed E-state index contributed by atoms with van der Waals surface area (Å²) in [4.78, 5) is 11.8. The van der Waals surface area contributed by atoms with Crippen LogP contribution in [0.4, 0.5) is 4.39 Å². The van der Waals surface area contributed by atoms with Gasteiger partial charge in [-0.25, -0.2) is 4.39 Å². The van der Waals surface area contributed by atoms with E-state index < -0.39 is 0 Å². The third kappa shape index (κ3) is 2.69. The zero-order valence-electron chi connectivity index (χ0n) is 9.42. The van der Waals surface area contributed by atoms with Crippen molar-refractivity contribution in [2.45, 2.75) is 38.5 Å². The summed E-state index contributed by atoms with van der Waals surface area (Å²) in [5, 5.41) is 0. The van der Waals surface area contributed by atoms with Gasteiger partial charge in [-0.1, -0.05) is 31.0 Å². The summed E-state index contributed by atoms with van der Waals surface area (Å²) < 4.78 is 13.3. The minimum atomic E-state index is -0.193. The molecule has 0 spiro atoms. The number of hydrogen-bond acceptors (Lipinski definition) is 1. The van der Waals surface area contributed by atoms with Gasteiger partial charge in [-0.3, -0.25) is 4.79 Å². The normalized spacial score (nSPS) is 16.6. The second-order valence-corrected chi connectivity index (χ2v) is 4.54. The number of benzene rings is 1. The highest BCUT2D eigenvalue weighted by atomic mass is 19.1. The van der Waals surface area contributed by atoms with Crippen LogP contribution in [0.25, 0.3) is 0 Å². The summed E-state index contributed by atoms with van der Waals surface area (Å²) in [5.74, 6) is 0.384. The van der Waals surface area contributed by atoms with Crippen molar-refractivity contribution in [3.8, 4) is 0 Å². The Bertz CT molecular complexity index is 367. The van der Waals surface area contributed by atoms with Crippen LogP contribution in [0, 0.1) is 11.7 Å². The molecule has 2 rings (SSSR count). The molecule has 0 radical (unpaired) electrons. The molecule has 0 unspecified atom stereocenters. The molecule has 1 aliphatic carbocycles. The van der Waals surface area contributed by atoms with Crippen LogP contribution in [0.3, 0.4) is 0 Å². The second kappa shape index (κ2) is 5.24. The number of carbonyl (C=O) groups excluding carboxylic acids is 1. The van der Waals surface area contributed by atoms with Crippen LogP contribution < -0.4 is 0 Å². The van der Waals surface area contributed by atoms with Crippen LogP contribution in [-0.2, 0) is 11.2 Å². The summed E-state index contributed by atoms with van der Waals surface area (Å²) in [7, 11) is 0. The smallest absolute Gasteiger partial charge is 0.136 e. The zero-order chi connectivity index (χ0) is 11.4. The number of aryl methyl sites for hydroxylation is 1. The molecule has 0 heterocycles. The summed E-state index contributed by atoms with van der Waals surface area (Å²) in [6.07, 6.45) is 5.46. The van der Waals surface area contributed by atoms with E-state index in [1.165, 1.54) is 18.9 Å². The number of Topliss-reactive ketones (excluding diaryl/α,β-unsaturated/α-hetero) is 1. The van der Waals surface area contributed by atoms with E-state index in [0.717, 1.165) is 12.8 Å². The average molecular weight is 220 g/mol. The lowest BCUT2D eigenvalue weighted by Crippen LogP contribution is -2.11. The highest BCUT2D eigenvalue weighted by Gasteiger charge is 2.22. The molecule has 1 saturated carbocycles. The third-order valence-corrected chi connectivity index (χ3v) is 3.41. The Hall–Kier alpha value is -1.18. The van der Waals surface area contributed by atoms with Crippen LogP contribution in [0.1, 0.15) is 37.7 Å². The molecule has 0 atom stereocenters. The van der Waals surface area contributed by atoms with Gasteiger partial charge >= 0.3 is 0 Å². The minimum absolute atomic E-state index is 0.193.